The number of aromatic nitrogens is 3. The lowest BCUT2D eigenvalue weighted by molar-refractivity contribution is 0.598. The maximum Gasteiger partial charge on any atom is 0.247 e. The van der Waals surface area contributed by atoms with E-state index in [0.717, 1.165) is 13.0 Å². The fourth-order valence-electron chi connectivity index (χ4n) is 2.34. The summed E-state index contributed by atoms with van der Waals surface area (Å²) in [6.45, 7) is 5.53. The summed E-state index contributed by atoms with van der Waals surface area (Å²) < 4.78 is 23.2. The van der Waals surface area contributed by atoms with Crippen LogP contribution in [0.3, 0.4) is 0 Å². The summed E-state index contributed by atoms with van der Waals surface area (Å²) in [5.74, 6) is 1.60. The molecule has 0 bridgehead atoms. The first-order valence-electron chi connectivity index (χ1n) is 6.96. The molecular formula is C12H21N5O2S. The molecule has 7 nitrogen and oxygen atoms in total. The van der Waals surface area contributed by atoms with E-state index in [0.29, 0.717) is 24.7 Å². The summed E-state index contributed by atoms with van der Waals surface area (Å²) >= 11 is 0. The van der Waals surface area contributed by atoms with Crippen LogP contribution in [-0.4, -0.2) is 54.2 Å². The average Bonchev–Trinajstić information content (AvgIpc) is 2.78. The number of nitrogens with zero attached hydrogens (tertiary/aromatic N) is 4. The molecule has 0 aliphatic carbocycles. The summed E-state index contributed by atoms with van der Waals surface area (Å²) in [6.07, 6.45) is 3.21. The molecule has 1 N–H and O–H groups in total. The number of hydrogen-bond acceptors (Lipinski definition) is 7. The Morgan fingerprint density at radius 1 is 1.45 bits per heavy atom. The molecule has 2 heterocycles. The molecule has 0 aromatic carbocycles. The molecule has 20 heavy (non-hydrogen) atoms. The van der Waals surface area contributed by atoms with Crippen LogP contribution in [0.4, 0.5) is 11.8 Å². The van der Waals surface area contributed by atoms with Crippen LogP contribution in [0.15, 0.2) is 6.20 Å². The zero-order valence-electron chi connectivity index (χ0n) is 11.9. The van der Waals surface area contributed by atoms with E-state index in [1.165, 1.54) is 0 Å². The first kappa shape index (κ1) is 15.0. The maximum absolute atomic E-state index is 11.6. The van der Waals surface area contributed by atoms with Gasteiger partial charge >= 0.3 is 0 Å². The normalized spacial score (nSPS) is 20.8. The molecule has 1 aromatic rings. The predicted octanol–water partition coefficient (Wildman–Crippen LogP) is 0.707. The lowest BCUT2D eigenvalue weighted by Crippen LogP contribution is -2.37. The van der Waals surface area contributed by atoms with Gasteiger partial charge in [-0.2, -0.15) is 10.1 Å². The molecule has 1 fully saturated rings. The van der Waals surface area contributed by atoms with Crippen LogP contribution < -0.4 is 10.2 Å². The van der Waals surface area contributed by atoms with Gasteiger partial charge in [0, 0.05) is 19.1 Å². The van der Waals surface area contributed by atoms with Crippen molar-refractivity contribution in [1.82, 2.24) is 15.2 Å². The van der Waals surface area contributed by atoms with Gasteiger partial charge in [0.1, 0.15) is 0 Å². The molecule has 1 aliphatic heterocycles. The molecular weight excluding hydrogens is 278 g/mol. The van der Waals surface area contributed by atoms with Crippen LogP contribution in [0.2, 0.25) is 0 Å². The van der Waals surface area contributed by atoms with Gasteiger partial charge in [-0.05, 0) is 19.8 Å². The highest BCUT2D eigenvalue weighted by molar-refractivity contribution is 7.91. The molecule has 0 amide bonds. The number of hydrogen-bond donors (Lipinski definition) is 1. The van der Waals surface area contributed by atoms with Gasteiger partial charge in [-0.1, -0.05) is 6.92 Å². The van der Waals surface area contributed by atoms with Gasteiger partial charge < -0.3 is 10.2 Å². The van der Waals surface area contributed by atoms with E-state index in [1.807, 2.05) is 11.8 Å². The Bertz CT molecular complexity index is 549. The summed E-state index contributed by atoms with van der Waals surface area (Å²) in [7, 11) is -2.92. The molecule has 1 aliphatic rings. The van der Waals surface area contributed by atoms with Gasteiger partial charge in [-0.15, -0.1) is 5.10 Å². The molecule has 1 unspecified atom stereocenters. The Morgan fingerprint density at radius 2 is 2.25 bits per heavy atom. The van der Waals surface area contributed by atoms with Gasteiger partial charge in [-0.3, -0.25) is 0 Å². The molecule has 0 saturated carbocycles. The highest BCUT2D eigenvalue weighted by Gasteiger charge is 2.33. The van der Waals surface area contributed by atoms with Crippen molar-refractivity contribution in [3.8, 4) is 0 Å². The van der Waals surface area contributed by atoms with Crippen LogP contribution in [0.1, 0.15) is 26.7 Å². The zero-order valence-corrected chi connectivity index (χ0v) is 12.7. The van der Waals surface area contributed by atoms with Gasteiger partial charge in [0.05, 0.1) is 17.7 Å². The Balaban J connectivity index is 2.15. The monoisotopic (exact) mass is 299 g/mol. The smallest absolute Gasteiger partial charge is 0.247 e. The van der Waals surface area contributed by atoms with Crippen molar-refractivity contribution in [1.29, 1.82) is 0 Å². The number of nitrogens with one attached hydrogen (secondary N) is 1. The number of anilines is 2. The van der Waals surface area contributed by atoms with Gasteiger partial charge in [0.2, 0.25) is 5.95 Å². The van der Waals surface area contributed by atoms with E-state index in [9.17, 15) is 8.42 Å². The van der Waals surface area contributed by atoms with Crippen molar-refractivity contribution < 1.29 is 8.42 Å². The van der Waals surface area contributed by atoms with E-state index in [-0.39, 0.29) is 17.5 Å². The largest absolute Gasteiger partial charge is 0.369 e. The Morgan fingerprint density at radius 3 is 2.85 bits per heavy atom. The third-order valence-electron chi connectivity index (χ3n) is 3.35. The van der Waals surface area contributed by atoms with E-state index in [2.05, 4.69) is 27.4 Å². The minimum absolute atomic E-state index is 0.0479. The second-order valence-corrected chi connectivity index (χ2v) is 7.14. The summed E-state index contributed by atoms with van der Waals surface area (Å²) in [4.78, 5) is 6.35. The first-order chi connectivity index (χ1) is 9.55. The lowest BCUT2D eigenvalue weighted by Gasteiger charge is -2.26. The van der Waals surface area contributed by atoms with E-state index in [1.54, 1.807) is 6.20 Å². The molecule has 8 heteroatoms. The predicted molar refractivity (Wildman–Crippen MR) is 78.7 cm³/mol. The topological polar surface area (TPSA) is 88.1 Å². The quantitative estimate of drug-likeness (QED) is 0.827. The summed E-state index contributed by atoms with van der Waals surface area (Å²) in [5, 5.41) is 11.2. The summed E-state index contributed by atoms with van der Waals surface area (Å²) in [6, 6.07) is -0.0479. The van der Waals surface area contributed by atoms with Gasteiger partial charge in [0.15, 0.2) is 15.7 Å². The molecule has 0 spiro atoms. The zero-order chi connectivity index (χ0) is 14.6. The van der Waals surface area contributed by atoms with Crippen molar-refractivity contribution in [3.05, 3.63) is 6.20 Å². The molecule has 0 radical (unpaired) electrons. The minimum atomic E-state index is -2.92. The Labute approximate surface area is 119 Å². The summed E-state index contributed by atoms with van der Waals surface area (Å²) in [5.41, 5.74) is 0. The van der Waals surface area contributed by atoms with Gasteiger partial charge in [-0.25, -0.2) is 8.42 Å². The maximum atomic E-state index is 11.6. The van der Waals surface area contributed by atoms with Crippen LogP contribution in [0, 0.1) is 0 Å². The molecule has 1 atom stereocenters. The fourth-order valence-corrected chi connectivity index (χ4v) is 4.07. The Hall–Kier alpha value is -1.44. The van der Waals surface area contributed by atoms with Gasteiger partial charge in [0.25, 0.3) is 0 Å². The third kappa shape index (κ3) is 3.56. The molecule has 1 aromatic heterocycles. The van der Waals surface area contributed by atoms with E-state index < -0.39 is 9.84 Å². The van der Waals surface area contributed by atoms with E-state index in [4.69, 9.17) is 0 Å². The first-order valence-corrected chi connectivity index (χ1v) is 8.78. The second kappa shape index (κ2) is 6.34. The van der Waals surface area contributed by atoms with Crippen molar-refractivity contribution >= 4 is 21.6 Å². The average molecular weight is 299 g/mol. The number of rotatable bonds is 6. The van der Waals surface area contributed by atoms with Crippen LogP contribution in [0.25, 0.3) is 0 Å². The molecule has 112 valence electrons. The lowest BCUT2D eigenvalue weighted by atomic mass is 10.2. The SMILES string of the molecule is CCCNc1cnnc(N(CC)C2CCS(=O)(=O)C2)n1. The second-order valence-electron chi connectivity index (χ2n) is 4.91. The van der Waals surface area contributed by atoms with Crippen molar-refractivity contribution in [3.63, 3.8) is 0 Å². The van der Waals surface area contributed by atoms with Crippen molar-refractivity contribution in [2.24, 2.45) is 0 Å². The third-order valence-corrected chi connectivity index (χ3v) is 5.10. The van der Waals surface area contributed by atoms with Crippen molar-refractivity contribution in [2.75, 3.05) is 34.8 Å². The Kier molecular flexibility index (Phi) is 4.74. The molecule has 2 rings (SSSR count). The molecule has 1 saturated heterocycles. The van der Waals surface area contributed by atoms with Crippen LogP contribution >= 0.6 is 0 Å². The fraction of sp³-hybridized carbons (Fsp3) is 0.750. The van der Waals surface area contributed by atoms with Crippen LogP contribution in [0.5, 0.6) is 0 Å². The number of sulfone groups is 1. The highest BCUT2D eigenvalue weighted by Crippen LogP contribution is 2.21. The standard InChI is InChI=1S/C12H21N5O2S/c1-3-6-13-11-8-14-16-12(15-11)17(4-2)10-5-7-20(18,19)9-10/h8,10H,3-7,9H2,1-2H3,(H,13,15,16). The minimum Gasteiger partial charge on any atom is -0.369 e. The van der Waals surface area contributed by atoms with Crippen LogP contribution in [-0.2, 0) is 9.84 Å². The highest BCUT2D eigenvalue weighted by atomic mass is 32.2. The van der Waals surface area contributed by atoms with E-state index >= 15 is 0 Å². The van der Waals surface area contributed by atoms with Crippen molar-refractivity contribution in [2.45, 2.75) is 32.7 Å².